The minimum atomic E-state index is 0.483. The first kappa shape index (κ1) is 26.0. The van der Waals surface area contributed by atoms with Crippen molar-refractivity contribution in [3.63, 3.8) is 0 Å². The highest BCUT2D eigenvalue weighted by Gasteiger charge is 2.13. The van der Waals surface area contributed by atoms with E-state index in [0.29, 0.717) is 12.3 Å². The quantitative estimate of drug-likeness (QED) is 0.406. The Morgan fingerprint density at radius 3 is 1.57 bits per heavy atom. The molecule has 8 heteroatoms. The number of nitrogens with zero attached hydrogens (tertiary/aromatic N) is 2. The van der Waals surface area contributed by atoms with E-state index in [9.17, 15) is 0 Å². The van der Waals surface area contributed by atoms with Gasteiger partial charge in [-0.25, -0.2) is 0 Å². The van der Waals surface area contributed by atoms with Crippen LogP contribution in [-0.4, -0.2) is 45.5 Å². The second-order valence-corrected chi connectivity index (χ2v) is 8.03. The van der Waals surface area contributed by atoms with Crippen LogP contribution in [0.5, 0.6) is 23.0 Å². The number of hydrogen-bond donors (Lipinski definition) is 2. The zero-order valence-corrected chi connectivity index (χ0v) is 21.5. The molecule has 0 radical (unpaired) electrons. The first-order valence-corrected chi connectivity index (χ1v) is 11.3. The summed E-state index contributed by atoms with van der Waals surface area (Å²) in [5, 5.41) is 5.27. The van der Waals surface area contributed by atoms with Gasteiger partial charge in [-0.05, 0) is 44.2 Å². The summed E-state index contributed by atoms with van der Waals surface area (Å²) < 4.78 is 21.4. The van der Waals surface area contributed by atoms with Gasteiger partial charge in [-0.15, -0.1) is 0 Å². The summed E-state index contributed by atoms with van der Waals surface area (Å²) in [5.41, 5.74) is 11.7. The molecule has 0 saturated carbocycles. The third-order valence-corrected chi connectivity index (χ3v) is 5.89. The average molecular weight is 479 g/mol. The van der Waals surface area contributed by atoms with Crippen LogP contribution in [-0.2, 0) is 13.1 Å². The molecule has 2 aromatic heterocycles. The molecule has 186 valence electrons. The van der Waals surface area contributed by atoms with E-state index < -0.39 is 0 Å². The van der Waals surface area contributed by atoms with Gasteiger partial charge in [0.1, 0.15) is 0 Å². The molecule has 2 aromatic carbocycles. The second-order valence-electron chi connectivity index (χ2n) is 8.03. The lowest BCUT2D eigenvalue weighted by atomic mass is 10.1. The predicted molar refractivity (Wildman–Crippen MR) is 140 cm³/mol. The average Bonchev–Trinajstić information content (AvgIpc) is 2.89. The van der Waals surface area contributed by atoms with Crippen molar-refractivity contribution in [2.75, 3.05) is 35.5 Å². The maximum Gasteiger partial charge on any atom is 0.164 e. The van der Waals surface area contributed by atoms with Crippen LogP contribution >= 0.6 is 0 Å². The molecule has 0 spiro atoms. The number of hydrogen-bond acceptors (Lipinski definition) is 8. The fraction of sp³-hybridized carbons (Fsp3) is 0.333. The van der Waals surface area contributed by atoms with E-state index >= 15 is 0 Å². The summed E-state index contributed by atoms with van der Waals surface area (Å²) >= 11 is 0. The lowest BCUT2D eigenvalue weighted by molar-refractivity contribution is 0.354. The van der Waals surface area contributed by atoms with Crippen LogP contribution in [0.25, 0.3) is 21.8 Å². The second kappa shape index (κ2) is 11.7. The predicted octanol–water partition coefficient (Wildman–Crippen LogP) is 4.30. The van der Waals surface area contributed by atoms with Crippen molar-refractivity contribution < 1.29 is 18.9 Å². The maximum atomic E-state index is 5.62. The molecule has 2 heterocycles. The van der Waals surface area contributed by atoms with Crippen LogP contribution in [0.15, 0.2) is 36.7 Å². The smallest absolute Gasteiger partial charge is 0.164 e. The highest BCUT2D eigenvalue weighted by atomic mass is 16.5. The van der Waals surface area contributed by atoms with Crippen LogP contribution in [0.2, 0.25) is 0 Å². The van der Waals surface area contributed by atoms with Crippen molar-refractivity contribution >= 4 is 21.8 Å². The standard InChI is InChI=1S/C14H18N2O2.C13H16N2O2/c1-9-11-5-10(7-15-2)8-16-12(11)6-13(17-3)14(9)18-4;1-8-10-4-9(6-14)7-15-11(10)5-12(16-2)13(8)17-3/h5-6,8,15H,7H2,1-4H3;4-5,7H,6,14H2,1-3H3. The van der Waals surface area contributed by atoms with Gasteiger partial charge in [0.05, 0.1) is 39.5 Å². The van der Waals surface area contributed by atoms with Crippen molar-refractivity contribution in [1.82, 2.24) is 15.3 Å². The van der Waals surface area contributed by atoms with Gasteiger partial charge in [0.2, 0.25) is 0 Å². The van der Waals surface area contributed by atoms with Crippen molar-refractivity contribution in [2.45, 2.75) is 26.9 Å². The summed E-state index contributed by atoms with van der Waals surface area (Å²) in [7, 11) is 8.47. The molecule has 0 fully saturated rings. The Labute approximate surface area is 206 Å². The number of nitrogens with two attached hydrogens (primary N) is 1. The molecular formula is C27H34N4O4. The van der Waals surface area contributed by atoms with Crippen LogP contribution in [0, 0.1) is 13.8 Å². The molecule has 0 saturated heterocycles. The van der Waals surface area contributed by atoms with Gasteiger partial charge < -0.3 is 30.0 Å². The Bertz CT molecular complexity index is 1320. The molecule has 4 rings (SSSR count). The molecule has 0 aliphatic carbocycles. The fourth-order valence-electron chi connectivity index (χ4n) is 4.08. The minimum absolute atomic E-state index is 0.483. The molecule has 0 unspecified atom stereocenters. The van der Waals surface area contributed by atoms with E-state index in [1.807, 2.05) is 45.3 Å². The number of methoxy groups -OCH3 is 4. The molecule has 0 bridgehead atoms. The van der Waals surface area contributed by atoms with Gasteiger partial charge in [-0.1, -0.05) is 0 Å². The molecule has 0 atom stereocenters. The normalized spacial score (nSPS) is 10.6. The van der Waals surface area contributed by atoms with Gasteiger partial charge in [-0.3, -0.25) is 9.97 Å². The number of rotatable bonds is 7. The minimum Gasteiger partial charge on any atom is -0.493 e. The largest absolute Gasteiger partial charge is 0.493 e. The Kier molecular flexibility index (Phi) is 8.68. The van der Waals surface area contributed by atoms with Gasteiger partial charge in [0.15, 0.2) is 23.0 Å². The van der Waals surface area contributed by atoms with E-state index in [4.69, 9.17) is 24.7 Å². The molecule has 8 nitrogen and oxygen atoms in total. The van der Waals surface area contributed by atoms with Crippen molar-refractivity contribution in [3.05, 3.63) is 58.9 Å². The zero-order valence-electron chi connectivity index (χ0n) is 21.5. The molecule has 35 heavy (non-hydrogen) atoms. The molecular weight excluding hydrogens is 444 g/mol. The van der Waals surface area contributed by atoms with Gasteiger partial charge >= 0.3 is 0 Å². The number of nitrogens with one attached hydrogen (secondary N) is 1. The number of ether oxygens (including phenoxy) is 4. The highest BCUT2D eigenvalue weighted by molar-refractivity contribution is 5.88. The third-order valence-electron chi connectivity index (χ3n) is 5.89. The fourth-order valence-corrected chi connectivity index (χ4v) is 4.08. The Balaban J connectivity index is 0.000000196. The lowest BCUT2D eigenvalue weighted by Gasteiger charge is -2.13. The summed E-state index contributed by atoms with van der Waals surface area (Å²) in [6.45, 7) is 5.30. The van der Waals surface area contributed by atoms with E-state index in [-0.39, 0.29) is 0 Å². The number of aromatic nitrogens is 2. The van der Waals surface area contributed by atoms with E-state index in [1.54, 1.807) is 34.6 Å². The Hall–Kier alpha value is -3.62. The summed E-state index contributed by atoms with van der Waals surface area (Å²) in [4.78, 5) is 8.85. The first-order valence-electron chi connectivity index (χ1n) is 11.3. The number of aryl methyl sites for hydroxylation is 2. The highest BCUT2D eigenvalue weighted by Crippen LogP contribution is 2.37. The Morgan fingerprint density at radius 2 is 1.17 bits per heavy atom. The van der Waals surface area contributed by atoms with E-state index in [1.165, 1.54) is 0 Å². The molecule has 0 aliphatic heterocycles. The van der Waals surface area contributed by atoms with Crippen LogP contribution in [0.3, 0.4) is 0 Å². The lowest BCUT2D eigenvalue weighted by Crippen LogP contribution is -2.05. The molecule has 3 N–H and O–H groups in total. The Morgan fingerprint density at radius 1 is 0.714 bits per heavy atom. The SMILES string of the molecule is CNCc1cnc2cc(OC)c(OC)c(C)c2c1.COc1cc2ncc(CN)cc2c(C)c1OC. The number of benzene rings is 2. The van der Waals surface area contributed by atoms with E-state index in [0.717, 1.165) is 67.9 Å². The van der Waals surface area contributed by atoms with Crippen molar-refractivity contribution in [2.24, 2.45) is 5.73 Å². The summed E-state index contributed by atoms with van der Waals surface area (Å²) in [5.74, 6) is 2.94. The summed E-state index contributed by atoms with van der Waals surface area (Å²) in [6.07, 6.45) is 3.66. The van der Waals surface area contributed by atoms with Crippen LogP contribution < -0.4 is 30.0 Å². The maximum absolute atomic E-state index is 5.62. The zero-order chi connectivity index (χ0) is 25.5. The number of pyridine rings is 2. The monoisotopic (exact) mass is 478 g/mol. The topological polar surface area (TPSA) is 101 Å². The molecule has 0 aliphatic rings. The van der Waals surface area contributed by atoms with Crippen LogP contribution in [0.4, 0.5) is 0 Å². The number of fused-ring (bicyclic) bond motifs is 2. The molecule has 4 aromatic rings. The summed E-state index contributed by atoms with van der Waals surface area (Å²) in [6, 6.07) is 7.96. The van der Waals surface area contributed by atoms with Crippen LogP contribution in [0.1, 0.15) is 22.3 Å². The van der Waals surface area contributed by atoms with Gasteiger partial charge in [-0.2, -0.15) is 0 Å². The first-order chi connectivity index (χ1) is 16.9. The van der Waals surface area contributed by atoms with Gasteiger partial charge in [0, 0.05) is 59.5 Å². The van der Waals surface area contributed by atoms with Gasteiger partial charge in [0.25, 0.3) is 0 Å². The third kappa shape index (κ3) is 5.39. The van der Waals surface area contributed by atoms with Crippen molar-refractivity contribution in [1.29, 1.82) is 0 Å². The molecule has 0 amide bonds. The van der Waals surface area contributed by atoms with Crippen molar-refractivity contribution in [3.8, 4) is 23.0 Å². The van der Waals surface area contributed by atoms with E-state index in [2.05, 4.69) is 21.4 Å².